The van der Waals surface area contributed by atoms with E-state index < -0.39 is 0 Å². The molecule has 0 aromatic heterocycles. The molecule has 1 aromatic rings. The maximum atomic E-state index is 9.12. The minimum atomic E-state index is -0.375. The molecule has 0 unspecified atom stereocenters. The van der Waals surface area contributed by atoms with Crippen molar-refractivity contribution in [3.8, 4) is 5.75 Å². The Kier molecular flexibility index (Phi) is 2.82. The summed E-state index contributed by atoms with van der Waals surface area (Å²) in [5.41, 5.74) is 0. The SMILES string of the molecule is Oc1cccc[c]1[Mg][Br]. The Balaban J connectivity index is 3.01. The van der Waals surface area contributed by atoms with E-state index in [9.17, 15) is 0 Å². The first-order valence-corrected chi connectivity index (χ1v) is 7.28. The van der Waals surface area contributed by atoms with Crippen LogP contribution >= 0.6 is 12.9 Å². The number of benzene rings is 1. The number of rotatable bonds is 1. The zero-order valence-corrected chi connectivity index (χ0v) is 7.84. The summed E-state index contributed by atoms with van der Waals surface area (Å²) in [4.78, 5) is 0. The molecule has 0 bridgehead atoms. The summed E-state index contributed by atoms with van der Waals surface area (Å²) in [6.45, 7) is 0. The van der Waals surface area contributed by atoms with Crippen LogP contribution in [-0.2, 0) is 0 Å². The molecule has 0 aliphatic heterocycles. The lowest BCUT2D eigenvalue weighted by Gasteiger charge is -1.96. The van der Waals surface area contributed by atoms with Crippen LogP contribution in [0.5, 0.6) is 5.75 Å². The van der Waals surface area contributed by atoms with Crippen molar-refractivity contribution in [2.75, 3.05) is 0 Å². The van der Waals surface area contributed by atoms with Crippen LogP contribution in [0.3, 0.4) is 0 Å². The van der Waals surface area contributed by atoms with E-state index in [0.29, 0.717) is 5.75 Å². The van der Waals surface area contributed by atoms with Crippen LogP contribution in [0.15, 0.2) is 24.3 Å². The van der Waals surface area contributed by atoms with Gasteiger partial charge in [0.15, 0.2) is 0 Å². The van der Waals surface area contributed by atoms with E-state index in [1.165, 1.54) is 0 Å². The molecular weight excluding hydrogens is 192 g/mol. The highest BCUT2D eigenvalue weighted by Crippen LogP contribution is 2.02. The lowest BCUT2D eigenvalue weighted by Crippen LogP contribution is -2.06. The second kappa shape index (κ2) is 3.44. The van der Waals surface area contributed by atoms with Gasteiger partial charge in [-0.15, -0.1) is 3.69 Å². The van der Waals surface area contributed by atoms with Crippen molar-refractivity contribution in [1.29, 1.82) is 0 Å². The molecule has 1 N–H and O–H groups in total. The Morgan fingerprint density at radius 2 is 2.00 bits per heavy atom. The quantitative estimate of drug-likeness (QED) is 0.667. The molecule has 0 saturated heterocycles. The molecule has 0 fully saturated rings. The van der Waals surface area contributed by atoms with Crippen molar-refractivity contribution < 1.29 is 5.11 Å². The third kappa shape index (κ3) is 1.84. The molecule has 1 rings (SSSR count). The van der Waals surface area contributed by atoms with E-state index >= 15 is 0 Å². The molecule has 3 heteroatoms. The average molecular weight is 197 g/mol. The van der Waals surface area contributed by atoms with Crippen LogP contribution in [0.4, 0.5) is 0 Å². The molecule has 0 saturated carbocycles. The Hall–Kier alpha value is 0.266. The number of phenols is 1. The lowest BCUT2D eigenvalue weighted by molar-refractivity contribution is 0.479. The molecular formula is C6H5BrMgO. The molecule has 0 aliphatic carbocycles. The van der Waals surface area contributed by atoms with Gasteiger partial charge in [0.2, 0.25) is 0 Å². The molecule has 1 aromatic carbocycles. The van der Waals surface area contributed by atoms with Crippen molar-refractivity contribution in [1.82, 2.24) is 0 Å². The van der Waals surface area contributed by atoms with E-state index in [2.05, 4.69) is 12.9 Å². The minimum absolute atomic E-state index is 0.375. The van der Waals surface area contributed by atoms with E-state index in [-0.39, 0.29) is 18.2 Å². The summed E-state index contributed by atoms with van der Waals surface area (Å²) in [7, 11) is 0. The van der Waals surface area contributed by atoms with Crippen LogP contribution in [0.2, 0.25) is 0 Å². The van der Waals surface area contributed by atoms with Crippen molar-refractivity contribution in [3.63, 3.8) is 0 Å². The van der Waals surface area contributed by atoms with Gasteiger partial charge in [-0.05, 0) is 6.07 Å². The van der Waals surface area contributed by atoms with Gasteiger partial charge in [-0.25, -0.2) is 0 Å². The van der Waals surface area contributed by atoms with Gasteiger partial charge in [-0.1, -0.05) is 18.2 Å². The molecule has 0 aliphatic rings. The van der Waals surface area contributed by atoms with Gasteiger partial charge in [0, 0.05) is 0 Å². The van der Waals surface area contributed by atoms with Crippen LogP contribution in [-0.4, -0.2) is 23.3 Å². The normalized spacial score (nSPS) is 8.56. The number of aromatic hydroxyl groups is 1. The second-order valence-electron chi connectivity index (χ2n) is 1.76. The fourth-order valence-electron chi connectivity index (χ4n) is 0.624. The zero-order valence-electron chi connectivity index (χ0n) is 4.84. The molecule has 0 amide bonds. The molecule has 0 atom stereocenters. The first-order valence-electron chi connectivity index (χ1n) is 2.67. The monoisotopic (exact) mass is 196 g/mol. The van der Waals surface area contributed by atoms with Crippen molar-refractivity contribution in [2.24, 2.45) is 0 Å². The summed E-state index contributed by atoms with van der Waals surface area (Å²) < 4.78 is 1.07. The third-order valence-electron chi connectivity index (χ3n) is 1.14. The van der Waals surface area contributed by atoms with E-state index in [1.54, 1.807) is 6.07 Å². The van der Waals surface area contributed by atoms with Crippen LogP contribution in [0.1, 0.15) is 0 Å². The summed E-state index contributed by atoms with van der Waals surface area (Å²) in [6.07, 6.45) is 0. The molecule has 0 heterocycles. The standard InChI is InChI=1S/C6H5O.BrH.Mg/c7-6-4-2-1-3-5-6;;/h1-4,7H;1H;/q;;+1/p-1. The summed E-state index contributed by atoms with van der Waals surface area (Å²) in [6, 6.07) is 7.42. The Morgan fingerprint density at radius 1 is 1.33 bits per heavy atom. The van der Waals surface area contributed by atoms with Gasteiger partial charge in [-0.2, -0.15) is 0 Å². The van der Waals surface area contributed by atoms with Gasteiger partial charge >= 0.3 is 18.2 Å². The van der Waals surface area contributed by atoms with E-state index in [0.717, 1.165) is 3.69 Å². The maximum absolute atomic E-state index is 9.12. The van der Waals surface area contributed by atoms with Crippen molar-refractivity contribution in [2.45, 2.75) is 0 Å². The predicted molar refractivity (Wildman–Crippen MR) is 42.4 cm³/mol. The van der Waals surface area contributed by atoms with Gasteiger partial charge in [0.05, 0.1) is 5.75 Å². The fraction of sp³-hybridized carbons (Fsp3) is 0. The van der Waals surface area contributed by atoms with Gasteiger partial charge in [0.25, 0.3) is 0 Å². The Bertz CT molecular complexity index is 202. The smallest absolute Gasteiger partial charge is 0.510 e. The second-order valence-corrected chi connectivity index (χ2v) is 4.47. The number of hydrogen-bond acceptors (Lipinski definition) is 1. The van der Waals surface area contributed by atoms with Crippen molar-refractivity contribution >= 4 is 34.8 Å². The highest BCUT2D eigenvalue weighted by Gasteiger charge is 1.97. The molecule has 9 heavy (non-hydrogen) atoms. The fourth-order valence-corrected chi connectivity index (χ4v) is 2.53. The van der Waals surface area contributed by atoms with Crippen molar-refractivity contribution in [3.05, 3.63) is 24.3 Å². The highest BCUT2D eigenvalue weighted by atomic mass is 79.9. The third-order valence-corrected chi connectivity index (χ3v) is 3.83. The molecule has 0 spiro atoms. The number of hydrogen-bond donors (Lipinski definition) is 1. The molecule has 1 nitrogen and oxygen atoms in total. The Labute approximate surface area is 69.7 Å². The first kappa shape index (κ1) is 7.37. The number of para-hydroxylation sites is 1. The topological polar surface area (TPSA) is 20.2 Å². The van der Waals surface area contributed by atoms with E-state index in [4.69, 9.17) is 5.11 Å². The van der Waals surface area contributed by atoms with Crippen LogP contribution in [0.25, 0.3) is 0 Å². The summed E-state index contributed by atoms with van der Waals surface area (Å²) in [5, 5.41) is 9.12. The van der Waals surface area contributed by atoms with Gasteiger partial charge < -0.3 is 5.11 Å². The molecule has 44 valence electrons. The predicted octanol–water partition coefficient (Wildman–Crippen LogP) is 1.03. The van der Waals surface area contributed by atoms with Gasteiger partial charge in [0.1, 0.15) is 0 Å². The number of phenolic OH excluding ortho intramolecular Hbond substituents is 1. The summed E-state index contributed by atoms with van der Waals surface area (Å²) in [5.74, 6) is 0.418. The maximum Gasteiger partial charge on any atom is 0.512 e. The highest BCUT2D eigenvalue weighted by molar-refractivity contribution is 9.23. The first-order chi connectivity index (χ1) is 4.34. The van der Waals surface area contributed by atoms with Gasteiger partial charge in [-0.3, -0.25) is 12.9 Å². The average Bonchev–Trinajstić information content (AvgIpc) is 1.89. The zero-order chi connectivity index (χ0) is 6.69. The van der Waals surface area contributed by atoms with Crippen LogP contribution in [0, 0.1) is 0 Å². The molecule has 0 radical (unpaired) electrons. The largest absolute Gasteiger partial charge is 0.512 e. The Morgan fingerprint density at radius 3 is 2.44 bits per heavy atom. The lowest BCUT2D eigenvalue weighted by atomic mass is 10.3. The minimum Gasteiger partial charge on any atom is -0.510 e. The number of halogens is 1. The van der Waals surface area contributed by atoms with Crippen LogP contribution < -0.4 is 3.69 Å². The van der Waals surface area contributed by atoms with E-state index in [1.807, 2.05) is 18.2 Å². The summed E-state index contributed by atoms with van der Waals surface area (Å²) >= 11 is 3.01.